The Kier molecular flexibility index (Phi) is 9.83. The van der Waals surface area contributed by atoms with Crippen molar-refractivity contribution in [2.75, 3.05) is 39.3 Å². The van der Waals surface area contributed by atoms with E-state index in [0.717, 1.165) is 15.6 Å². The van der Waals surface area contributed by atoms with Crippen molar-refractivity contribution in [3.8, 4) is 11.6 Å². The van der Waals surface area contributed by atoms with Crippen LogP contribution in [0.25, 0.3) is 5.69 Å². The monoisotopic (exact) mass is 636 g/mol. The average molecular weight is 637 g/mol. The number of carboxylic acids is 2. The van der Waals surface area contributed by atoms with Crippen molar-refractivity contribution in [1.82, 2.24) is 29.8 Å². The molecule has 0 radical (unpaired) electrons. The minimum absolute atomic E-state index is 0.0316. The highest BCUT2D eigenvalue weighted by molar-refractivity contribution is 5.96. The number of carbonyl (C=O) groups excluding carboxylic acids is 3. The quantitative estimate of drug-likeness (QED) is 0.264. The number of ether oxygens (including phenoxy) is 1. The normalized spacial score (nSPS) is 18.3. The van der Waals surface area contributed by atoms with Gasteiger partial charge in [0, 0.05) is 45.1 Å². The number of carboxylic acid groups (broad SMARTS) is 3. The summed E-state index contributed by atoms with van der Waals surface area (Å²) in [6.07, 6.45) is -2.93. The largest absolute Gasteiger partial charge is 0.481 e. The average Bonchev–Trinajstić information content (AvgIpc) is 3.59. The fourth-order valence-electron chi connectivity index (χ4n) is 4.95. The highest BCUT2D eigenvalue weighted by Gasteiger charge is 2.50. The number of aliphatic carboxylic acids is 2. The summed E-state index contributed by atoms with van der Waals surface area (Å²) < 4.78 is 34.5. The molecule has 0 bridgehead atoms. The molecule has 1 aromatic carbocycles. The van der Waals surface area contributed by atoms with E-state index in [0.29, 0.717) is 10.6 Å². The van der Waals surface area contributed by atoms with Gasteiger partial charge in [0.25, 0.3) is 17.7 Å². The van der Waals surface area contributed by atoms with Crippen LogP contribution in [-0.4, -0.2) is 133 Å². The van der Waals surface area contributed by atoms with Crippen LogP contribution in [0.4, 0.5) is 13.6 Å². The summed E-state index contributed by atoms with van der Waals surface area (Å²) in [6, 6.07) is 6.21. The van der Waals surface area contributed by atoms with Gasteiger partial charge in [-0.05, 0) is 18.6 Å². The number of hydrogen-bond donors (Lipinski definition) is 4. The van der Waals surface area contributed by atoms with Crippen LogP contribution in [0.5, 0.6) is 5.88 Å². The number of piperazine rings is 1. The van der Waals surface area contributed by atoms with E-state index in [1.165, 1.54) is 4.90 Å². The Morgan fingerprint density at radius 3 is 2.24 bits per heavy atom. The highest BCUT2D eigenvalue weighted by atomic mass is 19.3. The SMILES string of the molecule is O=C(O)CC[C@H](NC(=O)c1cc(OCC(=O)N2CC(F)(F)C[C@H]2C(=O)O)n(-c2ccccc2)n1)C(=O)N1CCN(C(=O)O)CC1. The van der Waals surface area contributed by atoms with Gasteiger partial charge in [0.15, 0.2) is 12.3 Å². The van der Waals surface area contributed by atoms with Crippen molar-refractivity contribution in [3.05, 3.63) is 42.1 Å². The zero-order valence-electron chi connectivity index (χ0n) is 23.7. The number of aromatic nitrogens is 2. The maximum Gasteiger partial charge on any atom is 0.407 e. The predicted octanol–water partition coefficient (Wildman–Crippen LogP) is 0.357. The molecular weight excluding hydrogens is 606 g/mol. The van der Waals surface area contributed by atoms with Crippen molar-refractivity contribution in [2.24, 2.45) is 0 Å². The molecule has 0 unspecified atom stereocenters. The van der Waals surface area contributed by atoms with Gasteiger partial charge in [-0.15, -0.1) is 0 Å². The first-order chi connectivity index (χ1) is 21.3. The molecule has 2 saturated heterocycles. The van der Waals surface area contributed by atoms with Crippen LogP contribution >= 0.6 is 0 Å². The maximum atomic E-state index is 13.9. The van der Waals surface area contributed by atoms with Gasteiger partial charge in [0.05, 0.1) is 12.2 Å². The number of benzene rings is 1. The molecule has 18 heteroatoms. The Hall–Kier alpha value is -5.29. The molecular formula is C27H30F2N6O10. The molecule has 242 valence electrons. The lowest BCUT2D eigenvalue weighted by atomic mass is 10.1. The number of halogens is 2. The molecule has 4 amide bonds. The summed E-state index contributed by atoms with van der Waals surface area (Å²) >= 11 is 0. The number of likely N-dealkylation sites (tertiary alicyclic amines) is 1. The van der Waals surface area contributed by atoms with Crippen molar-refractivity contribution < 1.29 is 57.6 Å². The van der Waals surface area contributed by atoms with Gasteiger partial charge < -0.3 is 40.1 Å². The Morgan fingerprint density at radius 1 is 1.00 bits per heavy atom. The second-order valence-electron chi connectivity index (χ2n) is 10.4. The van der Waals surface area contributed by atoms with E-state index in [9.17, 15) is 47.8 Å². The zero-order chi connectivity index (χ0) is 32.9. The third kappa shape index (κ3) is 8.01. The van der Waals surface area contributed by atoms with Gasteiger partial charge in [-0.25, -0.2) is 23.1 Å². The minimum Gasteiger partial charge on any atom is -0.481 e. The van der Waals surface area contributed by atoms with Crippen LogP contribution in [0, 0.1) is 0 Å². The lowest BCUT2D eigenvalue weighted by molar-refractivity contribution is -0.149. The molecule has 4 N–H and O–H groups in total. The van der Waals surface area contributed by atoms with Crippen molar-refractivity contribution >= 4 is 35.8 Å². The summed E-state index contributed by atoms with van der Waals surface area (Å²) in [4.78, 5) is 76.1. The predicted molar refractivity (Wildman–Crippen MR) is 146 cm³/mol. The van der Waals surface area contributed by atoms with E-state index >= 15 is 0 Å². The van der Waals surface area contributed by atoms with E-state index in [1.807, 2.05) is 0 Å². The zero-order valence-corrected chi connectivity index (χ0v) is 23.7. The number of nitrogens with one attached hydrogen (secondary N) is 1. The molecule has 16 nitrogen and oxygen atoms in total. The Morgan fingerprint density at radius 2 is 1.64 bits per heavy atom. The number of alkyl halides is 2. The van der Waals surface area contributed by atoms with Crippen LogP contribution < -0.4 is 10.1 Å². The molecule has 4 rings (SSSR count). The first kappa shape index (κ1) is 32.6. The van der Waals surface area contributed by atoms with Crippen LogP contribution in [0.2, 0.25) is 0 Å². The smallest absolute Gasteiger partial charge is 0.407 e. The number of hydrogen-bond acceptors (Lipinski definition) is 8. The standard InChI is InChI=1S/C27H30F2N6O10/c28-27(29)13-19(25(41)42)34(15-27)20(36)14-45-21-12-18(31-35(21)16-4-2-1-3-5-16)23(39)30-17(6-7-22(37)38)24(40)32-8-10-33(11-9-32)26(43)44/h1-5,12,17,19H,6-11,13-15H2,(H,30,39)(H,37,38)(H,41,42)(H,43,44)/t17-,19-/m0/s1. The van der Waals surface area contributed by atoms with Gasteiger partial charge in [0.1, 0.15) is 12.1 Å². The van der Waals surface area contributed by atoms with Gasteiger partial charge in [-0.3, -0.25) is 19.2 Å². The van der Waals surface area contributed by atoms with Gasteiger partial charge in [-0.1, -0.05) is 18.2 Å². The van der Waals surface area contributed by atoms with Crippen LogP contribution in [0.3, 0.4) is 0 Å². The Labute approximate surface area is 253 Å². The summed E-state index contributed by atoms with van der Waals surface area (Å²) in [5.74, 6) is -8.94. The number of carbonyl (C=O) groups is 6. The number of rotatable bonds is 11. The minimum atomic E-state index is -3.39. The van der Waals surface area contributed by atoms with Crippen molar-refractivity contribution in [1.29, 1.82) is 0 Å². The summed E-state index contributed by atoms with van der Waals surface area (Å²) in [5.41, 5.74) is 0.0613. The number of nitrogens with zero attached hydrogens (tertiary/aromatic N) is 5. The molecule has 2 atom stereocenters. The Balaban J connectivity index is 1.52. The van der Waals surface area contributed by atoms with E-state index < -0.39 is 79.8 Å². The molecule has 0 saturated carbocycles. The first-order valence-electron chi connectivity index (χ1n) is 13.7. The Bertz CT molecular complexity index is 1460. The molecule has 3 heterocycles. The molecule has 0 spiro atoms. The van der Waals surface area contributed by atoms with E-state index in [4.69, 9.17) is 9.84 Å². The fraction of sp³-hybridized carbons (Fsp3) is 0.444. The highest BCUT2D eigenvalue weighted by Crippen LogP contribution is 2.32. The lowest BCUT2D eigenvalue weighted by Crippen LogP contribution is -2.55. The van der Waals surface area contributed by atoms with Gasteiger partial charge >= 0.3 is 18.0 Å². The lowest BCUT2D eigenvalue weighted by Gasteiger charge is -2.35. The fourth-order valence-corrected chi connectivity index (χ4v) is 4.95. The van der Waals surface area contributed by atoms with Gasteiger partial charge in [-0.2, -0.15) is 5.10 Å². The van der Waals surface area contributed by atoms with Crippen LogP contribution in [0.1, 0.15) is 29.8 Å². The maximum absolute atomic E-state index is 13.9. The van der Waals surface area contributed by atoms with Crippen LogP contribution in [-0.2, 0) is 19.2 Å². The van der Waals surface area contributed by atoms with Crippen molar-refractivity contribution in [3.63, 3.8) is 0 Å². The second kappa shape index (κ2) is 13.6. The summed E-state index contributed by atoms with van der Waals surface area (Å²) in [5, 5.41) is 34.3. The molecule has 0 aliphatic carbocycles. The third-order valence-electron chi connectivity index (χ3n) is 7.24. The number of para-hydroxylation sites is 1. The number of amides is 4. The van der Waals surface area contributed by atoms with Crippen LogP contribution in [0.15, 0.2) is 36.4 Å². The molecule has 2 fully saturated rings. The van der Waals surface area contributed by atoms with Crippen molar-refractivity contribution in [2.45, 2.75) is 37.3 Å². The second-order valence-corrected chi connectivity index (χ2v) is 10.4. The molecule has 2 aliphatic heterocycles. The molecule has 45 heavy (non-hydrogen) atoms. The third-order valence-corrected chi connectivity index (χ3v) is 7.24. The first-order valence-corrected chi connectivity index (χ1v) is 13.7. The van der Waals surface area contributed by atoms with E-state index in [2.05, 4.69) is 10.4 Å². The topological polar surface area (TPSA) is 212 Å². The summed E-state index contributed by atoms with van der Waals surface area (Å²) in [6.45, 7) is -1.83. The van der Waals surface area contributed by atoms with E-state index in [1.54, 1.807) is 30.3 Å². The van der Waals surface area contributed by atoms with E-state index in [-0.39, 0.29) is 44.2 Å². The molecule has 2 aliphatic rings. The summed E-state index contributed by atoms with van der Waals surface area (Å²) in [7, 11) is 0. The van der Waals surface area contributed by atoms with Gasteiger partial charge in [0.2, 0.25) is 11.8 Å². The molecule has 1 aromatic heterocycles. The molecule has 2 aromatic rings.